The van der Waals surface area contributed by atoms with E-state index in [4.69, 9.17) is 5.41 Å². The van der Waals surface area contributed by atoms with Crippen LogP contribution in [-0.2, 0) is 4.79 Å². The lowest BCUT2D eigenvalue weighted by molar-refractivity contribution is -0.114. The molecule has 19 heavy (non-hydrogen) atoms. The molecule has 0 saturated carbocycles. The molecule has 0 atom stereocenters. The Balaban J connectivity index is 2.00. The maximum absolute atomic E-state index is 12.8. The lowest BCUT2D eigenvalue weighted by Gasteiger charge is -2.20. The monoisotopic (exact) mass is 274 g/mol. The quantitative estimate of drug-likeness (QED) is 0.797. The highest BCUT2D eigenvalue weighted by Gasteiger charge is 2.32. The van der Waals surface area contributed by atoms with Gasteiger partial charge in [0.15, 0.2) is 11.0 Å². The summed E-state index contributed by atoms with van der Waals surface area (Å²) in [4.78, 5) is 15.7. The molecule has 1 amide bonds. The fraction of sp³-hybridized carbons (Fsp3) is 0. The molecule has 2 heterocycles. The van der Waals surface area contributed by atoms with Gasteiger partial charge in [0.2, 0.25) is 0 Å². The van der Waals surface area contributed by atoms with Crippen molar-refractivity contribution in [3.63, 3.8) is 0 Å². The van der Waals surface area contributed by atoms with Crippen molar-refractivity contribution in [3.05, 3.63) is 41.2 Å². The Kier molecular flexibility index (Phi) is 2.75. The normalized spacial score (nSPS) is 19.9. The second-order valence-corrected chi connectivity index (χ2v) is 4.62. The van der Waals surface area contributed by atoms with Crippen LogP contribution in [0.1, 0.15) is 5.56 Å². The number of rotatable bonds is 1. The van der Waals surface area contributed by atoms with Crippen molar-refractivity contribution in [2.45, 2.75) is 0 Å². The van der Waals surface area contributed by atoms with Gasteiger partial charge >= 0.3 is 0 Å². The Morgan fingerprint density at radius 3 is 2.79 bits per heavy atom. The number of hydrogen-bond acceptors (Lipinski definition) is 4. The number of thioether (sulfide) groups is 1. The van der Waals surface area contributed by atoms with Gasteiger partial charge in [0.25, 0.3) is 5.91 Å². The highest BCUT2D eigenvalue weighted by molar-refractivity contribution is 8.25. The number of aliphatic imine (C=N–C) groups is 1. The van der Waals surface area contributed by atoms with Gasteiger partial charge in [-0.3, -0.25) is 10.2 Å². The van der Waals surface area contributed by atoms with Gasteiger partial charge in [-0.15, -0.1) is 0 Å². The van der Waals surface area contributed by atoms with E-state index < -0.39 is 5.91 Å². The van der Waals surface area contributed by atoms with Crippen LogP contribution in [0.4, 0.5) is 4.39 Å². The molecule has 3 rings (SSSR count). The highest BCUT2D eigenvalue weighted by atomic mass is 32.2. The molecule has 0 unspecified atom stereocenters. The number of halogens is 1. The van der Waals surface area contributed by atoms with Crippen LogP contribution >= 0.6 is 11.8 Å². The molecule has 0 aliphatic carbocycles. The van der Waals surface area contributed by atoms with Gasteiger partial charge in [0, 0.05) is 0 Å². The molecule has 1 aromatic carbocycles. The molecular weight excluding hydrogens is 267 g/mol. The van der Waals surface area contributed by atoms with E-state index in [1.807, 2.05) is 0 Å². The van der Waals surface area contributed by atoms with Gasteiger partial charge in [-0.05, 0) is 35.5 Å². The molecule has 0 radical (unpaired) electrons. The van der Waals surface area contributed by atoms with Crippen molar-refractivity contribution >= 4 is 40.3 Å². The smallest absolute Gasteiger partial charge is 0.282 e. The van der Waals surface area contributed by atoms with Crippen molar-refractivity contribution in [1.82, 2.24) is 5.01 Å². The Bertz CT molecular complexity index is 663. The van der Waals surface area contributed by atoms with Gasteiger partial charge in [0.1, 0.15) is 5.82 Å². The molecule has 0 aromatic heterocycles. The first-order chi connectivity index (χ1) is 9.15. The van der Waals surface area contributed by atoms with Crippen LogP contribution in [0, 0.1) is 11.2 Å². The summed E-state index contributed by atoms with van der Waals surface area (Å²) >= 11 is 1.19. The number of nitrogens with zero attached hydrogens (tertiary/aromatic N) is 3. The van der Waals surface area contributed by atoms with Crippen LogP contribution in [0.25, 0.3) is 6.08 Å². The zero-order valence-electron chi connectivity index (χ0n) is 9.50. The van der Waals surface area contributed by atoms with Crippen molar-refractivity contribution in [2.75, 3.05) is 0 Å². The maximum Gasteiger partial charge on any atom is 0.283 e. The predicted molar refractivity (Wildman–Crippen MR) is 72.5 cm³/mol. The molecule has 0 fully saturated rings. The third kappa shape index (κ3) is 2.08. The third-order valence-electron chi connectivity index (χ3n) is 2.58. The highest BCUT2D eigenvalue weighted by Crippen LogP contribution is 2.24. The van der Waals surface area contributed by atoms with E-state index >= 15 is 0 Å². The molecule has 7 heteroatoms. The van der Waals surface area contributed by atoms with Gasteiger partial charge in [0.05, 0.1) is 11.1 Å². The zero-order valence-corrected chi connectivity index (χ0v) is 10.3. The summed E-state index contributed by atoms with van der Waals surface area (Å²) in [5.41, 5.74) is 2.28. The van der Waals surface area contributed by atoms with E-state index in [-0.39, 0.29) is 17.2 Å². The number of hydrogen-bond donors (Lipinski definition) is 1. The molecular formula is C12H7FN4OS. The van der Waals surface area contributed by atoms with Crippen LogP contribution in [0.3, 0.4) is 0 Å². The Morgan fingerprint density at radius 2 is 2.05 bits per heavy atom. The molecule has 5 nitrogen and oxygen atoms in total. The van der Waals surface area contributed by atoms with E-state index in [0.717, 1.165) is 0 Å². The summed E-state index contributed by atoms with van der Waals surface area (Å²) in [6.45, 7) is 0. The second kappa shape index (κ2) is 4.43. The number of amidine groups is 2. The van der Waals surface area contributed by atoms with Gasteiger partial charge in [-0.1, -0.05) is 12.1 Å². The molecule has 94 valence electrons. The van der Waals surface area contributed by atoms with E-state index in [2.05, 4.69) is 10.1 Å². The molecule has 2 aliphatic rings. The van der Waals surface area contributed by atoms with Crippen molar-refractivity contribution in [2.24, 2.45) is 10.1 Å². The van der Waals surface area contributed by atoms with Crippen molar-refractivity contribution in [1.29, 1.82) is 5.41 Å². The number of carbonyl (C=O) groups excluding carboxylic acids is 1. The number of nitrogens with one attached hydrogen (secondary N) is 1. The van der Waals surface area contributed by atoms with E-state index in [9.17, 15) is 9.18 Å². The van der Waals surface area contributed by atoms with Crippen LogP contribution in [0.2, 0.25) is 0 Å². The third-order valence-corrected chi connectivity index (χ3v) is 3.25. The second-order valence-electron chi connectivity index (χ2n) is 3.81. The first-order valence-corrected chi connectivity index (χ1v) is 6.21. The van der Waals surface area contributed by atoms with Gasteiger partial charge in [-0.2, -0.15) is 15.1 Å². The van der Waals surface area contributed by atoms with Gasteiger partial charge < -0.3 is 0 Å². The SMILES string of the molecule is N=C1/C(=C/c2ccc(F)cc2)C(=O)N=C2SC=NN12. The van der Waals surface area contributed by atoms with Crippen LogP contribution in [0.5, 0.6) is 0 Å². The van der Waals surface area contributed by atoms with Crippen LogP contribution in [0.15, 0.2) is 39.9 Å². The van der Waals surface area contributed by atoms with Crippen LogP contribution < -0.4 is 0 Å². The lowest BCUT2D eigenvalue weighted by Crippen LogP contribution is -2.35. The summed E-state index contributed by atoms with van der Waals surface area (Å²) in [7, 11) is 0. The Labute approximate surface area is 112 Å². The first-order valence-electron chi connectivity index (χ1n) is 5.33. The summed E-state index contributed by atoms with van der Waals surface area (Å²) in [5, 5.41) is 13.6. The summed E-state index contributed by atoms with van der Waals surface area (Å²) < 4.78 is 12.8. The lowest BCUT2D eigenvalue weighted by atomic mass is 10.1. The van der Waals surface area contributed by atoms with E-state index in [0.29, 0.717) is 10.7 Å². The van der Waals surface area contributed by atoms with Gasteiger partial charge in [-0.25, -0.2) is 4.39 Å². The minimum absolute atomic E-state index is 0.0272. The summed E-state index contributed by atoms with van der Waals surface area (Å²) in [6.07, 6.45) is 1.50. The summed E-state index contributed by atoms with van der Waals surface area (Å²) in [5.74, 6) is -0.868. The van der Waals surface area contributed by atoms with E-state index in [1.54, 1.807) is 0 Å². The fourth-order valence-electron chi connectivity index (χ4n) is 1.66. The number of amides is 1. The first kappa shape index (κ1) is 11.8. The standard InChI is InChI=1S/C12H7FN4OS/c13-8-3-1-7(2-4-8)5-9-10(14)17-12(16-11(9)18)19-6-15-17/h1-6,14H/b9-5-,14-10?. The fourth-order valence-corrected chi connectivity index (χ4v) is 2.27. The largest absolute Gasteiger partial charge is 0.283 e. The number of fused-ring (bicyclic) bond motifs is 1. The molecule has 0 bridgehead atoms. The minimum Gasteiger partial charge on any atom is -0.282 e. The predicted octanol–water partition coefficient (Wildman–Crippen LogP) is 2.07. The molecule has 0 spiro atoms. The molecule has 2 aliphatic heterocycles. The molecule has 0 saturated heterocycles. The Morgan fingerprint density at radius 1 is 1.32 bits per heavy atom. The molecule has 1 aromatic rings. The minimum atomic E-state index is -0.487. The average molecular weight is 274 g/mol. The van der Waals surface area contributed by atoms with Crippen molar-refractivity contribution in [3.8, 4) is 0 Å². The van der Waals surface area contributed by atoms with Crippen molar-refractivity contribution < 1.29 is 9.18 Å². The average Bonchev–Trinajstić information content (AvgIpc) is 2.85. The number of hydrazone groups is 1. The van der Waals surface area contributed by atoms with Crippen LogP contribution in [-0.4, -0.2) is 27.5 Å². The maximum atomic E-state index is 12.8. The Hall–Kier alpha value is -2.28. The topological polar surface area (TPSA) is 68.9 Å². The molecule has 1 N–H and O–H groups in total. The number of carbonyl (C=O) groups is 1. The number of benzene rings is 1. The zero-order chi connectivity index (χ0) is 13.4. The summed E-state index contributed by atoms with van der Waals surface area (Å²) in [6, 6.07) is 5.65. The van der Waals surface area contributed by atoms with E-state index in [1.165, 1.54) is 52.7 Å².